The predicted octanol–water partition coefficient (Wildman–Crippen LogP) is 2.36. The van der Waals surface area contributed by atoms with E-state index in [0.717, 1.165) is 0 Å². The Morgan fingerprint density at radius 3 is 2.53 bits per heavy atom. The van der Waals surface area contributed by atoms with Gasteiger partial charge in [-0.3, -0.25) is 14.6 Å². The lowest BCUT2D eigenvalue weighted by molar-refractivity contribution is -0.149. The van der Waals surface area contributed by atoms with Crippen LogP contribution in [0.5, 0.6) is 0 Å². The van der Waals surface area contributed by atoms with Crippen molar-refractivity contribution >= 4 is 23.5 Å². The van der Waals surface area contributed by atoms with Crippen molar-refractivity contribution < 1.29 is 14.7 Å². The summed E-state index contributed by atoms with van der Waals surface area (Å²) in [7, 11) is 0. The lowest BCUT2D eigenvalue weighted by Crippen LogP contribution is -2.42. The number of hydrogen-bond donors (Lipinski definition) is 2. The summed E-state index contributed by atoms with van der Waals surface area (Å²) in [6.07, 6.45) is 3.73. The van der Waals surface area contributed by atoms with Crippen LogP contribution in [-0.2, 0) is 4.79 Å². The highest BCUT2D eigenvalue weighted by Crippen LogP contribution is 2.26. The van der Waals surface area contributed by atoms with Crippen molar-refractivity contribution in [3.05, 3.63) is 29.0 Å². The van der Waals surface area contributed by atoms with E-state index in [2.05, 4.69) is 10.3 Å². The maximum Gasteiger partial charge on any atom is 0.311 e. The van der Waals surface area contributed by atoms with Crippen molar-refractivity contribution in [1.82, 2.24) is 10.3 Å². The quantitative estimate of drug-likeness (QED) is 0.840. The van der Waals surface area contributed by atoms with Gasteiger partial charge >= 0.3 is 5.97 Å². The number of carboxylic acids is 1. The molecule has 104 valence electrons. The molecule has 1 aromatic rings. The number of rotatable bonds is 6. The van der Waals surface area contributed by atoms with E-state index in [9.17, 15) is 14.7 Å². The van der Waals surface area contributed by atoms with E-state index < -0.39 is 17.3 Å². The summed E-state index contributed by atoms with van der Waals surface area (Å²) in [5.74, 6) is -1.32. The van der Waals surface area contributed by atoms with Crippen molar-refractivity contribution in [2.24, 2.45) is 5.41 Å². The molecule has 0 atom stereocenters. The van der Waals surface area contributed by atoms with Crippen molar-refractivity contribution in [1.29, 1.82) is 0 Å². The maximum absolute atomic E-state index is 11.9. The average molecular weight is 285 g/mol. The molecule has 1 aromatic heterocycles. The molecule has 1 heterocycles. The highest BCUT2D eigenvalue weighted by molar-refractivity contribution is 6.33. The highest BCUT2D eigenvalue weighted by atomic mass is 35.5. The number of nitrogens with zero attached hydrogens (tertiary/aromatic N) is 1. The van der Waals surface area contributed by atoms with Crippen molar-refractivity contribution in [2.75, 3.05) is 6.54 Å². The zero-order valence-electron chi connectivity index (χ0n) is 10.9. The second kappa shape index (κ2) is 6.52. The smallest absolute Gasteiger partial charge is 0.311 e. The predicted molar refractivity (Wildman–Crippen MR) is 72.2 cm³/mol. The number of aliphatic carboxylic acids is 1. The number of aromatic nitrogens is 1. The van der Waals surface area contributed by atoms with E-state index in [0.29, 0.717) is 17.9 Å². The van der Waals surface area contributed by atoms with Gasteiger partial charge in [0, 0.05) is 18.9 Å². The molecule has 1 amide bonds. The second-order valence-corrected chi connectivity index (χ2v) is 4.74. The average Bonchev–Trinajstić information content (AvgIpc) is 2.40. The molecule has 0 unspecified atom stereocenters. The fourth-order valence-electron chi connectivity index (χ4n) is 1.77. The van der Waals surface area contributed by atoms with Crippen LogP contribution in [0.15, 0.2) is 18.5 Å². The Bertz CT molecular complexity index is 473. The first-order valence-corrected chi connectivity index (χ1v) is 6.45. The minimum atomic E-state index is -0.940. The van der Waals surface area contributed by atoms with Crippen LogP contribution in [0.2, 0.25) is 5.02 Å². The van der Waals surface area contributed by atoms with Crippen molar-refractivity contribution in [3.63, 3.8) is 0 Å². The fraction of sp³-hybridized carbons (Fsp3) is 0.462. The minimum Gasteiger partial charge on any atom is -0.481 e. The third-order valence-electron chi connectivity index (χ3n) is 3.41. The summed E-state index contributed by atoms with van der Waals surface area (Å²) in [5.41, 5.74) is -0.694. The molecule has 0 saturated carbocycles. The van der Waals surface area contributed by atoms with Gasteiger partial charge in [0.1, 0.15) is 0 Å². The van der Waals surface area contributed by atoms with Crippen molar-refractivity contribution in [2.45, 2.75) is 26.7 Å². The zero-order valence-corrected chi connectivity index (χ0v) is 11.7. The Morgan fingerprint density at radius 2 is 2.05 bits per heavy atom. The number of pyridine rings is 1. The first-order chi connectivity index (χ1) is 8.96. The van der Waals surface area contributed by atoms with E-state index >= 15 is 0 Å². The number of carbonyl (C=O) groups excluding carboxylic acids is 1. The molecule has 1 rings (SSSR count). The molecule has 0 aliphatic heterocycles. The van der Waals surface area contributed by atoms with Gasteiger partial charge in [-0.25, -0.2) is 0 Å². The standard InChI is InChI=1S/C13H17ClN2O3/c1-3-13(4-2,12(18)19)8-16-11(17)9-7-15-6-5-10(9)14/h5-7H,3-4,8H2,1-2H3,(H,16,17)(H,18,19). The summed E-state index contributed by atoms with van der Waals surface area (Å²) in [6.45, 7) is 3.65. The number of halogens is 1. The largest absolute Gasteiger partial charge is 0.481 e. The normalized spacial score (nSPS) is 11.1. The molecule has 6 heteroatoms. The first-order valence-electron chi connectivity index (χ1n) is 6.08. The summed E-state index contributed by atoms with van der Waals surface area (Å²) in [6, 6.07) is 1.51. The van der Waals surface area contributed by atoms with Crippen LogP contribution in [0, 0.1) is 5.41 Å². The highest BCUT2D eigenvalue weighted by Gasteiger charge is 2.35. The Labute approximate surface area is 117 Å². The monoisotopic (exact) mass is 284 g/mol. The first kappa shape index (κ1) is 15.4. The zero-order chi connectivity index (χ0) is 14.5. The molecule has 0 aliphatic rings. The van der Waals surface area contributed by atoms with Gasteiger partial charge in [-0.15, -0.1) is 0 Å². The summed E-state index contributed by atoms with van der Waals surface area (Å²) in [5, 5.41) is 12.2. The number of nitrogens with one attached hydrogen (secondary N) is 1. The van der Waals surface area contributed by atoms with Gasteiger partial charge in [-0.2, -0.15) is 0 Å². The molecular formula is C13H17ClN2O3. The topological polar surface area (TPSA) is 79.3 Å². The van der Waals surface area contributed by atoms with E-state index in [-0.39, 0.29) is 12.1 Å². The Balaban J connectivity index is 2.79. The van der Waals surface area contributed by atoms with Gasteiger partial charge in [-0.05, 0) is 18.9 Å². The van der Waals surface area contributed by atoms with Gasteiger partial charge in [0.15, 0.2) is 0 Å². The minimum absolute atomic E-state index is 0.0688. The van der Waals surface area contributed by atoms with Gasteiger partial charge in [-0.1, -0.05) is 25.4 Å². The molecule has 0 bridgehead atoms. The van der Waals surface area contributed by atoms with E-state index in [4.69, 9.17) is 11.6 Å². The van der Waals surface area contributed by atoms with Gasteiger partial charge in [0.25, 0.3) is 5.91 Å². The van der Waals surface area contributed by atoms with Crippen LogP contribution >= 0.6 is 11.6 Å². The second-order valence-electron chi connectivity index (χ2n) is 4.33. The molecule has 5 nitrogen and oxygen atoms in total. The lowest BCUT2D eigenvalue weighted by atomic mass is 9.82. The van der Waals surface area contributed by atoms with E-state index in [1.807, 2.05) is 0 Å². The van der Waals surface area contributed by atoms with E-state index in [1.54, 1.807) is 13.8 Å². The molecule has 0 fully saturated rings. The van der Waals surface area contributed by atoms with E-state index in [1.165, 1.54) is 18.5 Å². The molecule has 0 saturated heterocycles. The molecule has 19 heavy (non-hydrogen) atoms. The summed E-state index contributed by atoms with van der Waals surface area (Å²) < 4.78 is 0. The number of carbonyl (C=O) groups is 2. The molecule has 0 aromatic carbocycles. The number of carboxylic acid groups (broad SMARTS) is 1. The summed E-state index contributed by atoms with van der Waals surface area (Å²) >= 11 is 5.88. The van der Waals surface area contributed by atoms with Gasteiger partial charge in [0.05, 0.1) is 16.0 Å². The molecule has 0 aliphatic carbocycles. The molecular weight excluding hydrogens is 268 g/mol. The Hall–Kier alpha value is -1.62. The van der Waals surface area contributed by atoms with Crippen LogP contribution in [0.4, 0.5) is 0 Å². The van der Waals surface area contributed by atoms with Gasteiger partial charge in [0.2, 0.25) is 0 Å². The van der Waals surface area contributed by atoms with Crippen LogP contribution < -0.4 is 5.32 Å². The van der Waals surface area contributed by atoms with Crippen LogP contribution in [-0.4, -0.2) is 28.5 Å². The lowest BCUT2D eigenvalue weighted by Gasteiger charge is -2.26. The van der Waals surface area contributed by atoms with Crippen molar-refractivity contribution in [3.8, 4) is 0 Å². The third-order valence-corrected chi connectivity index (χ3v) is 3.74. The number of hydrogen-bond acceptors (Lipinski definition) is 3. The molecule has 0 radical (unpaired) electrons. The van der Waals surface area contributed by atoms with Crippen LogP contribution in [0.3, 0.4) is 0 Å². The summed E-state index contributed by atoms with van der Waals surface area (Å²) in [4.78, 5) is 27.1. The van der Waals surface area contributed by atoms with Crippen LogP contribution in [0.1, 0.15) is 37.0 Å². The fourth-order valence-corrected chi connectivity index (χ4v) is 1.96. The third kappa shape index (κ3) is 3.44. The maximum atomic E-state index is 11.9. The SMILES string of the molecule is CCC(CC)(CNC(=O)c1cnccc1Cl)C(=O)O. The number of amides is 1. The van der Waals surface area contributed by atoms with Gasteiger partial charge < -0.3 is 10.4 Å². The molecule has 2 N–H and O–H groups in total. The Kier molecular flexibility index (Phi) is 5.30. The molecule has 0 spiro atoms. The Morgan fingerprint density at radius 1 is 1.42 bits per heavy atom. The van der Waals surface area contributed by atoms with Crippen LogP contribution in [0.25, 0.3) is 0 Å².